The van der Waals surface area contributed by atoms with E-state index in [9.17, 15) is 13.5 Å². The number of rotatable bonds is 2. The van der Waals surface area contributed by atoms with Crippen molar-refractivity contribution in [2.24, 2.45) is 0 Å². The van der Waals surface area contributed by atoms with E-state index in [1.165, 1.54) is 32.3 Å². The number of aromatic nitrogens is 1. The van der Waals surface area contributed by atoms with Gasteiger partial charge in [0.25, 0.3) is 0 Å². The fraction of sp³-hybridized carbons (Fsp3) is 0.200. The summed E-state index contributed by atoms with van der Waals surface area (Å²) in [7, 11) is -0.461. The first-order valence-corrected chi connectivity index (χ1v) is 6.09. The van der Waals surface area contributed by atoms with Crippen LogP contribution in [0, 0.1) is 0 Å². The molecule has 5 nitrogen and oxygen atoms in total. The van der Waals surface area contributed by atoms with Gasteiger partial charge in [0.05, 0.1) is 4.90 Å². The minimum absolute atomic E-state index is 0.0226. The predicted molar refractivity (Wildman–Crippen MR) is 60.8 cm³/mol. The van der Waals surface area contributed by atoms with Crippen LogP contribution in [-0.2, 0) is 10.0 Å². The number of H-pyrrole nitrogens is 1. The van der Waals surface area contributed by atoms with Gasteiger partial charge in [0.1, 0.15) is 0 Å². The zero-order valence-corrected chi connectivity index (χ0v) is 9.75. The van der Waals surface area contributed by atoms with Crippen molar-refractivity contribution in [3.63, 3.8) is 0 Å². The molecule has 86 valence electrons. The highest BCUT2D eigenvalue weighted by Gasteiger charge is 2.17. The molecule has 1 aromatic carbocycles. The SMILES string of the molecule is CN(C)S(=O)(=O)c1ccc2[nH]c(O)cc2c1. The number of aromatic amines is 1. The molecule has 0 amide bonds. The summed E-state index contributed by atoms with van der Waals surface area (Å²) in [4.78, 5) is 2.93. The number of fused-ring (bicyclic) bond motifs is 1. The van der Waals surface area contributed by atoms with Gasteiger partial charge in [0.2, 0.25) is 10.0 Å². The molecular weight excluding hydrogens is 228 g/mol. The van der Waals surface area contributed by atoms with E-state index >= 15 is 0 Å². The Bertz CT molecular complexity index is 629. The lowest BCUT2D eigenvalue weighted by Crippen LogP contribution is -2.22. The molecule has 1 aromatic heterocycles. The summed E-state index contributed by atoms with van der Waals surface area (Å²) in [6.07, 6.45) is 0. The lowest BCUT2D eigenvalue weighted by atomic mass is 10.2. The summed E-state index contributed by atoms with van der Waals surface area (Å²) < 4.78 is 24.8. The van der Waals surface area contributed by atoms with Crippen LogP contribution < -0.4 is 0 Å². The largest absolute Gasteiger partial charge is 0.495 e. The van der Waals surface area contributed by atoms with Crippen LogP contribution in [0.2, 0.25) is 0 Å². The van der Waals surface area contributed by atoms with Crippen LogP contribution in [0.1, 0.15) is 0 Å². The van der Waals surface area contributed by atoms with Crippen LogP contribution >= 0.6 is 0 Å². The highest BCUT2D eigenvalue weighted by Crippen LogP contribution is 2.23. The normalized spacial score (nSPS) is 12.4. The standard InChI is InChI=1S/C10H12N2O3S/c1-12(2)16(14,15)8-3-4-9-7(5-8)6-10(13)11-9/h3-6,11,13H,1-2H3. The van der Waals surface area contributed by atoms with Gasteiger partial charge in [-0.25, -0.2) is 12.7 Å². The molecule has 0 spiro atoms. The molecule has 0 fully saturated rings. The Hall–Kier alpha value is -1.53. The zero-order valence-electron chi connectivity index (χ0n) is 8.93. The Balaban J connectivity index is 2.63. The van der Waals surface area contributed by atoms with Gasteiger partial charge in [-0.05, 0) is 18.2 Å². The van der Waals surface area contributed by atoms with Crippen LogP contribution in [0.4, 0.5) is 0 Å². The quantitative estimate of drug-likeness (QED) is 0.826. The Kier molecular flexibility index (Phi) is 2.40. The third-order valence-electron chi connectivity index (χ3n) is 2.36. The van der Waals surface area contributed by atoms with E-state index in [1.807, 2.05) is 0 Å². The summed E-state index contributed by atoms with van der Waals surface area (Å²) in [5.74, 6) is 0.0226. The van der Waals surface area contributed by atoms with Crippen molar-refractivity contribution in [3.05, 3.63) is 24.3 Å². The van der Waals surface area contributed by atoms with Gasteiger partial charge in [-0.3, -0.25) is 0 Å². The second kappa shape index (κ2) is 3.50. The van der Waals surface area contributed by atoms with Gasteiger partial charge >= 0.3 is 0 Å². The lowest BCUT2D eigenvalue weighted by molar-refractivity contribution is 0.458. The number of nitrogens with one attached hydrogen (secondary N) is 1. The Morgan fingerprint density at radius 1 is 1.25 bits per heavy atom. The number of sulfonamides is 1. The molecule has 0 unspecified atom stereocenters. The van der Waals surface area contributed by atoms with Crippen molar-refractivity contribution in [3.8, 4) is 5.88 Å². The Morgan fingerprint density at radius 2 is 1.94 bits per heavy atom. The first-order valence-electron chi connectivity index (χ1n) is 4.65. The van der Waals surface area contributed by atoms with Crippen molar-refractivity contribution in [2.45, 2.75) is 4.90 Å². The van der Waals surface area contributed by atoms with E-state index in [0.717, 1.165) is 4.31 Å². The predicted octanol–water partition coefficient (Wildman–Crippen LogP) is 1.12. The second-order valence-electron chi connectivity index (χ2n) is 3.69. The minimum atomic E-state index is -3.42. The van der Waals surface area contributed by atoms with Crippen molar-refractivity contribution in [1.29, 1.82) is 0 Å². The number of benzene rings is 1. The smallest absolute Gasteiger partial charge is 0.242 e. The number of hydrogen-bond acceptors (Lipinski definition) is 3. The fourth-order valence-corrected chi connectivity index (χ4v) is 2.40. The zero-order chi connectivity index (χ0) is 11.9. The highest BCUT2D eigenvalue weighted by molar-refractivity contribution is 7.89. The summed E-state index contributed by atoms with van der Waals surface area (Å²) in [6.45, 7) is 0. The van der Waals surface area contributed by atoms with Gasteiger partial charge in [0, 0.05) is 31.1 Å². The lowest BCUT2D eigenvalue weighted by Gasteiger charge is -2.10. The topological polar surface area (TPSA) is 73.4 Å². The van der Waals surface area contributed by atoms with E-state index in [4.69, 9.17) is 0 Å². The molecule has 16 heavy (non-hydrogen) atoms. The van der Waals surface area contributed by atoms with Crippen LogP contribution in [0.25, 0.3) is 10.9 Å². The van der Waals surface area contributed by atoms with Crippen molar-refractivity contribution < 1.29 is 13.5 Å². The summed E-state index contributed by atoms with van der Waals surface area (Å²) in [6, 6.07) is 6.16. The molecule has 0 saturated carbocycles. The molecular formula is C10H12N2O3S. The first kappa shape index (κ1) is 11.0. The third kappa shape index (κ3) is 1.66. The summed E-state index contributed by atoms with van der Waals surface area (Å²) in [5.41, 5.74) is 0.704. The number of aromatic hydroxyl groups is 1. The molecule has 2 N–H and O–H groups in total. The van der Waals surface area contributed by atoms with Crippen molar-refractivity contribution >= 4 is 20.9 Å². The Morgan fingerprint density at radius 3 is 2.56 bits per heavy atom. The molecule has 0 bridgehead atoms. The molecule has 0 saturated heterocycles. The minimum Gasteiger partial charge on any atom is -0.495 e. The van der Waals surface area contributed by atoms with Crippen LogP contribution in [-0.4, -0.2) is 36.9 Å². The van der Waals surface area contributed by atoms with Crippen LogP contribution in [0.5, 0.6) is 5.88 Å². The van der Waals surface area contributed by atoms with Crippen molar-refractivity contribution in [1.82, 2.24) is 9.29 Å². The van der Waals surface area contributed by atoms with E-state index in [1.54, 1.807) is 6.07 Å². The van der Waals surface area contributed by atoms with Gasteiger partial charge in [-0.1, -0.05) is 0 Å². The first-order chi connectivity index (χ1) is 7.41. The molecule has 0 aliphatic carbocycles. The monoisotopic (exact) mass is 240 g/mol. The van der Waals surface area contributed by atoms with E-state index in [-0.39, 0.29) is 10.8 Å². The third-order valence-corrected chi connectivity index (χ3v) is 4.17. The van der Waals surface area contributed by atoms with Crippen molar-refractivity contribution in [2.75, 3.05) is 14.1 Å². The average Bonchev–Trinajstić information content (AvgIpc) is 2.56. The maximum Gasteiger partial charge on any atom is 0.242 e. The molecule has 0 radical (unpaired) electrons. The van der Waals surface area contributed by atoms with Crippen LogP contribution in [0.3, 0.4) is 0 Å². The number of hydrogen-bond donors (Lipinski definition) is 2. The van der Waals surface area contributed by atoms with E-state index in [0.29, 0.717) is 10.9 Å². The maximum absolute atomic E-state index is 11.8. The molecule has 1 heterocycles. The molecule has 2 rings (SSSR count). The molecule has 2 aromatic rings. The van der Waals surface area contributed by atoms with E-state index in [2.05, 4.69) is 4.98 Å². The fourth-order valence-electron chi connectivity index (χ4n) is 1.47. The molecule has 0 aliphatic heterocycles. The van der Waals surface area contributed by atoms with Gasteiger partial charge in [-0.15, -0.1) is 0 Å². The molecule has 6 heteroatoms. The van der Waals surface area contributed by atoms with Gasteiger partial charge < -0.3 is 10.1 Å². The highest BCUT2D eigenvalue weighted by atomic mass is 32.2. The molecule has 0 aliphatic rings. The second-order valence-corrected chi connectivity index (χ2v) is 5.84. The van der Waals surface area contributed by atoms with Gasteiger partial charge in [-0.2, -0.15) is 0 Å². The summed E-state index contributed by atoms with van der Waals surface area (Å²) in [5, 5.41) is 9.91. The van der Waals surface area contributed by atoms with E-state index < -0.39 is 10.0 Å². The average molecular weight is 240 g/mol. The number of nitrogens with zero attached hydrogens (tertiary/aromatic N) is 1. The van der Waals surface area contributed by atoms with Crippen LogP contribution in [0.15, 0.2) is 29.2 Å². The Labute approximate surface area is 93.4 Å². The maximum atomic E-state index is 11.8. The summed E-state index contributed by atoms with van der Waals surface area (Å²) >= 11 is 0. The van der Waals surface area contributed by atoms with Gasteiger partial charge in [0.15, 0.2) is 5.88 Å². The molecule has 0 atom stereocenters.